The average Bonchev–Trinajstić information content (AvgIpc) is 3.38. The quantitative estimate of drug-likeness (QED) is 0.505. The Bertz CT molecular complexity index is 1090. The second-order valence-corrected chi connectivity index (χ2v) is 7.81. The first-order valence-electron chi connectivity index (χ1n) is 9.41. The molecule has 162 valence electrons. The standard InChI is InChI=1S/C22H22N2O6S/c1-13-14(2)31-20(19(13)22(27)28-3)24-18(25)12-30-21(26)16-8-4-5-9-17(16)23-11-15-7-6-10-29-15/h4-10,23H,11-12H2,1-3H3,(H,24,25). The Balaban J connectivity index is 1.62. The molecule has 0 saturated heterocycles. The zero-order chi connectivity index (χ0) is 22.4. The highest BCUT2D eigenvalue weighted by Gasteiger charge is 2.22. The van der Waals surface area contributed by atoms with Crippen LogP contribution in [0.4, 0.5) is 10.7 Å². The average molecular weight is 442 g/mol. The van der Waals surface area contributed by atoms with E-state index in [0.717, 1.165) is 10.4 Å². The number of rotatable bonds is 8. The van der Waals surface area contributed by atoms with E-state index < -0.39 is 24.5 Å². The number of esters is 2. The van der Waals surface area contributed by atoms with Crippen LogP contribution in [0.2, 0.25) is 0 Å². The summed E-state index contributed by atoms with van der Waals surface area (Å²) in [4.78, 5) is 37.8. The summed E-state index contributed by atoms with van der Waals surface area (Å²) in [6.07, 6.45) is 1.57. The summed E-state index contributed by atoms with van der Waals surface area (Å²) in [6.45, 7) is 3.52. The molecule has 2 N–H and O–H groups in total. The molecule has 9 heteroatoms. The van der Waals surface area contributed by atoms with Crippen LogP contribution in [0, 0.1) is 13.8 Å². The summed E-state index contributed by atoms with van der Waals surface area (Å²) in [7, 11) is 1.28. The van der Waals surface area contributed by atoms with Crippen LogP contribution in [0.1, 0.15) is 36.9 Å². The maximum absolute atomic E-state index is 12.5. The Hall–Kier alpha value is -3.59. The van der Waals surface area contributed by atoms with Gasteiger partial charge in [-0.25, -0.2) is 9.59 Å². The summed E-state index contributed by atoms with van der Waals surface area (Å²) in [6, 6.07) is 10.4. The zero-order valence-corrected chi connectivity index (χ0v) is 18.1. The SMILES string of the molecule is COC(=O)c1c(NC(=O)COC(=O)c2ccccc2NCc2ccco2)sc(C)c1C. The maximum Gasteiger partial charge on any atom is 0.341 e. The number of aryl methyl sites for hydroxylation is 1. The Kier molecular flexibility index (Phi) is 7.09. The molecule has 1 aromatic carbocycles. The number of ether oxygens (including phenoxy) is 2. The monoisotopic (exact) mass is 442 g/mol. The molecule has 1 amide bonds. The van der Waals surface area contributed by atoms with E-state index in [-0.39, 0.29) is 0 Å². The van der Waals surface area contributed by atoms with Gasteiger partial charge in [-0.2, -0.15) is 0 Å². The lowest BCUT2D eigenvalue weighted by Gasteiger charge is -2.11. The van der Waals surface area contributed by atoms with Crippen molar-refractivity contribution in [2.75, 3.05) is 24.4 Å². The number of para-hydroxylation sites is 1. The van der Waals surface area contributed by atoms with E-state index in [1.807, 2.05) is 13.0 Å². The molecular formula is C22H22N2O6S. The predicted molar refractivity (Wildman–Crippen MR) is 117 cm³/mol. The molecule has 0 bridgehead atoms. The molecule has 0 aliphatic carbocycles. The van der Waals surface area contributed by atoms with Crippen molar-refractivity contribution in [2.24, 2.45) is 0 Å². The molecule has 3 rings (SSSR count). The van der Waals surface area contributed by atoms with E-state index >= 15 is 0 Å². The molecule has 8 nitrogen and oxygen atoms in total. The number of furan rings is 1. The van der Waals surface area contributed by atoms with Crippen molar-refractivity contribution in [1.29, 1.82) is 0 Å². The molecule has 2 heterocycles. The molecule has 0 saturated carbocycles. The van der Waals surface area contributed by atoms with Gasteiger partial charge in [-0.05, 0) is 43.7 Å². The van der Waals surface area contributed by atoms with Crippen molar-refractivity contribution >= 4 is 39.9 Å². The largest absolute Gasteiger partial charge is 0.467 e. The fourth-order valence-corrected chi connectivity index (χ4v) is 3.91. The summed E-state index contributed by atoms with van der Waals surface area (Å²) < 4.78 is 15.2. The van der Waals surface area contributed by atoms with Gasteiger partial charge >= 0.3 is 11.9 Å². The van der Waals surface area contributed by atoms with Gasteiger partial charge in [0.05, 0.1) is 31.0 Å². The lowest BCUT2D eigenvalue weighted by Crippen LogP contribution is -2.22. The maximum atomic E-state index is 12.5. The normalized spacial score (nSPS) is 10.4. The van der Waals surface area contributed by atoms with Crippen LogP contribution < -0.4 is 10.6 Å². The Labute approximate surface area is 183 Å². The number of anilines is 2. The van der Waals surface area contributed by atoms with Crippen molar-refractivity contribution in [3.8, 4) is 0 Å². The van der Waals surface area contributed by atoms with Gasteiger partial charge in [0.15, 0.2) is 6.61 Å². The Morgan fingerprint density at radius 3 is 2.55 bits per heavy atom. The van der Waals surface area contributed by atoms with E-state index in [2.05, 4.69) is 10.6 Å². The summed E-state index contributed by atoms with van der Waals surface area (Å²) in [5.74, 6) is -1.03. The van der Waals surface area contributed by atoms with E-state index in [0.29, 0.717) is 34.1 Å². The Morgan fingerprint density at radius 1 is 1.06 bits per heavy atom. The smallest absolute Gasteiger partial charge is 0.341 e. The molecule has 0 aliphatic heterocycles. The molecule has 0 spiro atoms. The molecule has 2 aromatic heterocycles. The molecule has 3 aromatic rings. The molecule has 0 radical (unpaired) electrons. The number of carbonyl (C=O) groups is 3. The number of methoxy groups -OCH3 is 1. The van der Waals surface area contributed by atoms with Gasteiger partial charge in [0, 0.05) is 10.6 Å². The third-order valence-electron chi connectivity index (χ3n) is 4.54. The molecule has 31 heavy (non-hydrogen) atoms. The van der Waals surface area contributed by atoms with E-state index in [9.17, 15) is 14.4 Å². The van der Waals surface area contributed by atoms with Gasteiger partial charge in [0.25, 0.3) is 5.91 Å². The summed E-state index contributed by atoms with van der Waals surface area (Å²) in [5.41, 5.74) is 1.89. The predicted octanol–water partition coefficient (Wildman–Crippen LogP) is 4.15. The fraction of sp³-hybridized carbons (Fsp3) is 0.227. The number of amides is 1. The van der Waals surface area contributed by atoms with Gasteiger partial charge in [-0.3, -0.25) is 4.79 Å². The number of hydrogen-bond donors (Lipinski definition) is 2. The number of nitrogens with one attached hydrogen (secondary N) is 2. The zero-order valence-electron chi connectivity index (χ0n) is 17.3. The minimum Gasteiger partial charge on any atom is -0.467 e. The van der Waals surface area contributed by atoms with Crippen molar-refractivity contribution in [3.05, 3.63) is 70.0 Å². The third kappa shape index (κ3) is 5.32. The Morgan fingerprint density at radius 2 is 1.84 bits per heavy atom. The second kappa shape index (κ2) is 9.94. The van der Waals surface area contributed by atoms with E-state index in [4.69, 9.17) is 13.9 Å². The third-order valence-corrected chi connectivity index (χ3v) is 5.66. The van der Waals surface area contributed by atoms with E-state index in [1.54, 1.807) is 43.5 Å². The van der Waals surface area contributed by atoms with Gasteiger partial charge in [0.2, 0.25) is 0 Å². The van der Waals surface area contributed by atoms with Crippen molar-refractivity contribution in [1.82, 2.24) is 0 Å². The number of thiophene rings is 1. The summed E-state index contributed by atoms with van der Waals surface area (Å²) >= 11 is 1.26. The molecule has 0 aliphatic rings. The van der Waals surface area contributed by atoms with Gasteiger partial charge in [-0.15, -0.1) is 11.3 Å². The second-order valence-electron chi connectivity index (χ2n) is 6.58. The first kappa shape index (κ1) is 22.1. The van der Waals surface area contributed by atoms with Crippen LogP contribution in [-0.4, -0.2) is 31.6 Å². The first-order valence-corrected chi connectivity index (χ1v) is 10.2. The highest BCUT2D eigenvalue weighted by atomic mass is 32.1. The topological polar surface area (TPSA) is 107 Å². The number of hydrogen-bond acceptors (Lipinski definition) is 8. The van der Waals surface area contributed by atoms with Crippen LogP contribution in [0.3, 0.4) is 0 Å². The van der Waals surface area contributed by atoms with Gasteiger partial charge in [0.1, 0.15) is 10.8 Å². The van der Waals surface area contributed by atoms with Crippen LogP contribution in [0.5, 0.6) is 0 Å². The lowest BCUT2D eigenvalue weighted by molar-refractivity contribution is -0.119. The number of carbonyl (C=O) groups excluding carboxylic acids is 3. The van der Waals surface area contributed by atoms with Crippen LogP contribution in [0.25, 0.3) is 0 Å². The molecule has 0 unspecified atom stereocenters. The number of benzene rings is 1. The van der Waals surface area contributed by atoms with Crippen LogP contribution >= 0.6 is 11.3 Å². The van der Waals surface area contributed by atoms with Crippen LogP contribution in [-0.2, 0) is 20.8 Å². The fourth-order valence-electron chi connectivity index (χ4n) is 2.85. The molecule has 0 atom stereocenters. The highest BCUT2D eigenvalue weighted by molar-refractivity contribution is 7.16. The van der Waals surface area contributed by atoms with Gasteiger partial charge < -0.3 is 24.5 Å². The molecule has 0 fully saturated rings. The van der Waals surface area contributed by atoms with Crippen molar-refractivity contribution in [3.63, 3.8) is 0 Å². The lowest BCUT2D eigenvalue weighted by atomic mass is 10.1. The first-order chi connectivity index (χ1) is 14.9. The molecular weight excluding hydrogens is 420 g/mol. The minimum absolute atomic E-state index is 0.292. The van der Waals surface area contributed by atoms with Gasteiger partial charge in [-0.1, -0.05) is 12.1 Å². The van der Waals surface area contributed by atoms with Crippen LogP contribution in [0.15, 0.2) is 47.1 Å². The highest BCUT2D eigenvalue weighted by Crippen LogP contribution is 2.32. The van der Waals surface area contributed by atoms with E-state index in [1.165, 1.54) is 18.4 Å². The minimum atomic E-state index is -0.649. The van der Waals surface area contributed by atoms with Crippen molar-refractivity contribution in [2.45, 2.75) is 20.4 Å². The van der Waals surface area contributed by atoms with Crippen molar-refractivity contribution < 1.29 is 28.3 Å². The summed E-state index contributed by atoms with van der Waals surface area (Å²) in [5, 5.41) is 6.10.